The predicted molar refractivity (Wildman–Crippen MR) is 53.3 cm³/mol. The third kappa shape index (κ3) is 1.82. The minimum absolute atomic E-state index is 0.411. The summed E-state index contributed by atoms with van der Waals surface area (Å²) in [5.41, 5.74) is 0.910. The van der Waals surface area contributed by atoms with E-state index in [0.717, 1.165) is 13.2 Å². The second-order valence-electron chi connectivity index (χ2n) is 1.63. The van der Waals surface area contributed by atoms with Crippen LogP contribution in [0, 0.1) is 18.9 Å². The molecule has 52 valence electrons. The molecule has 0 aliphatic heterocycles. The van der Waals surface area contributed by atoms with Crippen molar-refractivity contribution in [3.05, 3.63) is 13.2 Å². The minimum Gasteiger partial charge on any atom is -0.335 e. The summed E-state index contributed by atoms with van der Waals surface area (Å²) in [7, 11) is 0. The van der Waals surface area contributed by atoms with Gasteiger partial charge in [-0.15, -0.1) is 0 Å². The number of halogens is 2. The Morgan fingerprint density at radius 2 is 2.30 bits per heavy atom. The first-order chi connectivity index (χ1) is 4.74. The highest BCUT2D eigenvalue weighted by atomic mass is 127. The Bertz CT molecular complexity index is 273. The van der Waals surface area contributed by atoms with E-state index in [2.05, 4.69) is 61.2 Å². The summed E-state index contributed by atoms with van der Waals surface area (Å²) in [6.45, 7) is 0. The maximum atomic E-state index is 8.35. The molecule has 5 heteroatoms. The summed E-state index contributed by atoms with van der Waals surface area (Å²) in [5, 5.41) is 8.35. The van der Waals surface area contributed by atoms with E-state index in [9.17, 15) is 0 Å². The van der Waals surface area contributed by atoms with Gasteiger partial charge in [-0.2, -0.15) is 5.26 Å². The summed E-state index contributed by atoms with van der Waals surface area (Å²) in [4.78, 5) is 7.09. The fourth-order valence-corrected chi connectivity index (χ4v) is 2.15. The molecule has 0 atom stereocenters. The van der Waals surface area contributed by atoms with Crippen LogP contribution >= 0.6 is 45.2 Å². The smallest absolute Gasteiger partial charge is 0.169 e. The summed E-state index contributed by atoms with van der Waals surface area (Å²) in [5.74, 6) is 0. The van der Waals surface area contributed by atoms with Gasteiger partial charge in [0.25, 0.3) is 0 Å². The van der Waals surface area contributed by atoms with Crippen molar-refractivity contribution >= 4 is 45.2 Å². The van der Waals surface area contributed by atoms with Gasteiger partial charge in [-0.05, 0) is 45.2 Å². The third-order valence-electron chi connectivity index (χ3n) is 0.955. The molecule has 0 aromatic carbocycles. The van der Waals surface area contributed by atoms with Crippen LogP contribution in [0.2, 0.25) is 0 Å². The molecule has 1 rings (SSSR count). The Morgan fingerprint density at radius 1 is 1.60 bits per heavy atom. The molecule has 0 radical (unpaired) electrons. The molecule has 1 N–H and O–H groups in total. The highest BCUT2D eigenvalue weighted by Crippen LogP contribution is 2.10. The fraction of sp³-hybridized carbons (Fsp3) is 0.200. The second-order valence-corrected chi connectivity index (χ2v) is 3.68. The van der Waals surface area contributed by atoms with Crippen molar-refractivity contribution in [3.63, 3.8) is 0 Å². The van der Waals surface area contributed by atoms with Crippen molar-refractivity contribution < 1.29 is 0 Å². The Labute approximate surface area is 85.5 Å². The van der Waals surface area contributed by atoms with Crippen molar-refractivity contribution in [3.8, 4) is 6.07 Å². The highest BCUT2D eigenvalue weighted by molar-refractivity contribution is 14.1. The van der Waals surface area contributed by atoms with Crippen molar-refractivity contribution in [1.82, 2.24) is 9.97 Å². The normalized spacial score (nSPS) is 9.30. The van der Waals surface area contributed by atoms with E-state index in [1.54, 1.807) is 0 Å². The van der Waals surface area contributed by atoms with Crippen molar-refractivity contribution in [1.29, 1.82) is 5.26 Å². The fourth-order valence-electron chi connectivity index (χ4n) is 0.554. The van der Waals surface area contributed by atoms with E-state index in [-0.39, 0.29) is 0 Å². The Kier molecular flexibility index (Phi) is 2.91. The maximum absolute atomic E-state index is 8.35. The van der Waals surface area contributed by atoms with Crippen LogP contribution in [0.15, 0.2) is 0 Å². The van der Waals surface area contributed by atoms with Gasteiger partial charge < -0.3 is 4.98 Å². The molecule has 0 aliphatic rings. The van der Waals surface area contributed by atoms with Gasteiger partial charge in [0, 0.05) is 0 Å². The number of aromatic amines is 1. The molecule has 0 bridgehead atoms. The number of nitrogens with one attached hydrogen (secondary N) is 1. The van der Waals surface area contributed by atoms with E-state index >= 15 is 0 Å². The first-order valence-corrected chi connectivity index (χ1v) is 4.66. The predicted octanol–water partition coefficient (Wildman–Crippen LogP) is 1.68. The lowest BCUT2D eigenvalue weighted by molar-refractivity contribution is 1.13. The molecule has 0 aliphatic carbocycles. The molecule has 0 spiro atoms. The number of aromatic nitrogens is 2. The molecule has 0 saturated heterocycles. The van der Waals surface area contributed by atoms with Gasteiger partial charge >= 0.3 is 0 Å². The average molecular weight is 359 g/mol. The van der Waals surface area contributed by atoms with Crippen LogP contribution < -0.4 is 0 Å². The van der Waals surface area contributed by atoms with Crippen molar-refractivity contribution in [2.75, 3.05) is 0 Å². The quantitative estimate of drug-likeness (QED) is 0.777. The van der Waals surface area contributed by atoms with Crippen LogP contribution in [0.5, 0.6) is 0 Å². The lowest BCUT2D eigenvalue weighted by Gasteiger charge is -1.83. The molecule has 0 saturated carbocycles. The highest BCUT2D eigenvalue weighted by Gasteiger charge is 2.03. The largest absolute Gasteiger partial charge is 0.335 e. The first-order valence-electron chi connectivity index (χ1n) is 2.51. The van der Waals surface area contributed by atoms with Gasteiger partial charge in [0.05, 0.1) is 18.2 Å². The van der Waals surface area contributed by atoms with Crippen LogP contribution in [0.4, 0.5) is 0 Å². The minimum atomic E-state index is 0.411. The van der Waals surface area contributed by atoms with Crippen LogP contribution in [0.3, 0.4) is 0 Å². The lowest BCUT2D eigenvalue weighted by Crippen LogP contribution is -1.83. The zero-order valence-corrected chi connectivity index (χ0v) is 9.17. The van der Waals surface area contributed by atoms with Crippen molar-refractivity contribution in [2.45, 2.75) is 6.42 Å². The Balaban J connectivity index is 2.94. The van der Waals surface area contributed by atoms with Gasteiger partial charge in [-0.3, -0.25) is 0 Å². The van der Waals surface area contributed by atoms with Gasteiger partial charge in [0.15, 0.2) is 3.83 Å². The molecule has 1 aromatic heterocycles. The van der Waals surface area contributed by atoms with Gasteiger partial charge in [-0.25, -0.2) is 4.98 Å². The number of hydrogen-bond donors (Lipinski definition) is 1. The average Bonchev–Trinajstić information content (AvgIpc) is 2.13. The second kappa shape index (κ2) is 3.52. The molecule has 0 fully saturated rings. The monoisotopic (exact) mass is 359 g/mol. The van der Waals surface area contributed by atoms with Gasteiger partial charge in [-0.1, -0.05) is 0 Å². The third-order valence-corrected chi connectivity index (χ3v) is 2.36. The van der Waals surface area contributed by atoms with Gasteiger partial charge in [0.1, 0.15) is 3.70 Å². The summed E-state index contributed by atoms with van der Waals surface area (Å²) in [6, 6.07) is 2.06. The zero-order chi connectivity index (χ0) is 7.56. The number of rotatable bonds is 1. The molecule has 0 amide bonds. The van der Waals surface area contributed by atoms with E-state index in [4.69, 9.17) is 5.26 Å². The number of imidazole rings is 1. The maximum Gasteiger partial charge on any atom is 0.169 e. The number of hydrogen-bond acceptors (Lipinski definition) is 2. The van der Waals surface area contributed by atoms with Crippen LogP contribution in [-0.4, -0.2) is 9.97 Å². The Hall–Kier alpha value is 0.160. The summed E-state index contributed by atoms with van der Waals surface area (Å²) >= 11 is 4.19. The molecular formula is C5H3I2N3. The molecule has 10 heavy (non-hydrogen) atoms. The number of nitriles is 1. The van der Waals surface area contributed by atoms with E-state index < -0.39 is 0 Å². The van der Waals surface area contributed by atoms with Crippen LogP contribution in [0.1, 0.15) is 5.69 Å². The standard InChI is InChI=1S/C5H3I2N3/c6-4-3(1-2-8)9-5(7)10-4/h1H2,(H,9,10). The molecule has 1 aromatic rings. The van der Waals surface area contributed by atoms with Crippen LogP contribution in [0.25, 0.3) is 0 Å². The van der Waals surface area contributed by atoms with E-state index in [0.29, 0.717) is 6.42 Å². The van der Waals surface area contributed by atoms with Crippen LogP contribution in [-0.2, 0) is 6.42 Å². The Morgan fingerprint density at radius 3 is 2.70 bits per heavy atom. The number of nitrogens with zero attached hydrogens (tertiary/aromatic N) is 2. The van der Waals surface area contributed by atoms with E-state index in [1.807, 2.05) is 0 Å². The first kappa shape index (κ1) is 8.26. The van der Waals surface area contributed by atoms with E-state index in [1.165, 1.54) is 0 Å². The van der Waals surface area contributed by atoms with Crippen molar-refractivity contribution in [2.24, 2.45) is 0 Å². The lowest BCUT2D eigenvalue weighted by atomic mass is 10.4. The summed E-state index contributed by atoms with van der Waals surface area (Å²) < 4.78 is 1.73. The topological polar surface area (TPSA) is 52.5 Å². The zero-order valence-electron chi connectivity index (χ0n) is 4.86. The number of H-pyrrole nitrogens is 1. The summed E-state index contributed by atoms with van der Waals surface area (Å²) in [6.07, 6.45) is 0.411. The molecular weight excluding hydrogens is 356 g/mol. The van der Waals surface area contributed by atoms with Gasteiger partial charge in [0.2, 0.25) is 0 Å². The molecule has 0 unspecified atom stereocenters. The molecule has 1 heterocycles. The molecule has 3 nitrogen and oxygen atoms in total. The SMILES string of the molecule is N#CCc1[nH]c(I)nc1I.